The third kappa shape index (κ3) is 3.62. The summed E-state index contributed by atoms with van der Waals surface area (Å²) in [5, 5.41) is 16.7. The van der Waals surface area contributed by atoms with E-state index in [0.29, 0.717) is 38.6 Å². The Balaban J connectivity index is 1.70. The molecule has 0 saturated heterocycles. The fourth-order valence-electron chi connectivity index (χ4n) is 2.82. The summed E-state index contributed by atoms with van der Waals surface area (Å²) in [5.74, 6) is 1.28. The molecule has 0 saturated carbocycles. The molecule has 2 aromatic heterocycles. The van der Waals surface area contributed by atoms with E-state index in [1.54, 1.807) is 34.8 Å². The number of aryl methyl sites for hydroxylation is 1. The Hall–Kier alpha value is -3.17. The van der Waals surface area contributed by atoms with Gasteiger partial charge in [-0.25, -0.2) is 0 Å². The van der Waals surface area contributed by atoms with Crippen LogP contribution >= 0.6 is 22.9 Å². The topological polar surface area (TPSA) is 90.6 Å². The van der Waals surface area contributed by atoms with E-state index in [2.05, 4.69) is 20.6 Å². The minimum atomic E-state index is -0.367. The van der Waals surface area contributed by atoms with E-state index in [9.17, 15) is 4.79 Å². The lowest BCUT2D eigenvalue weighted by atomic mass is 10.1. The number of nitrogens with one attached hydrogen (secondary N) is 1. The van der Waals surface area contributed by atoms with Crippen molar-refractivity contribution in [3.05, 3.63) is 52.8 Å². The van der Waals surface area contributed by atoms with Crippen molar-refractivity contribution < 1.29 is 14.3 Å². The summed E-state index contributed by atoms with van der Waals surface area (Å²) in [6, 6.07) is 10.3. The van der Waals surface area contributed by atoms with Gasteiger partial charge in [-0.2, -0.15) is 9.61 Å². The number of hydrogen-bond donors (Lipinski definition) is 1. The Bertz CT molecular complexity index is 1220. The number of amides is 1. The van der Waals surface area contributed by atoms with Crippen molar-refractivity contribution >= 4 is 39.5 Å². The number of ether oxygens (including phenoxy) is 2. The minimum absolute atomic E-state index is 0.321. The van der Waals surface area contributed by atoms with Crippen LogP contribution in [0.5, 0.6) is 11.5 Å². The molecule has 4 aromatic rings. The van der Waals surface area contributed by atoms with Crippen LogP contribution in [0.2, 0.25) is 5.02 Å². The highest BCUT2D eigenvalue weighted by atomic mass is 35.5. The number of anilines is 1. The molecule has 0 unspecified atom stereocenters. The fourth-order valence-corrected chi connectivity index (χ4v) is 3.87. The van der Waals surface area contributed by atoms with Crippen molar-refractivity contribution in [1.82, 2.24) is 19.8 Å². The summed E-state index contributed by atoms with van der Waals surface area (Å²) in [7, 11) is 3.04. The highest BCUT2D eigenvalue weighted by Crippen LogP contribution is 2.33. The summed E-state index contributed by atoms with van der Waals surface area (Å²) >= 11 is 7.45. The van der Waals surface area contributed by atoms with Crippen molar-refractivity contribution in [2.45, 2.75) is 6.92 Å². The average molecular weight is 430 g/mol. The molecule has 0 atom stereocenters. The van der Waals surface area contributed by atoms with Crippen LogP contribution in [-0.2, 0) is 0 Å². The molecule has 2 aromatic carbocycles. The number of benzene rings is 2. The molecular formula is C19H16ClN5O3S. The van der Waals surface area contributed by atoms with Gasteiger partial charge in [0.1, 0.15) is 16.5 Å². The quantitative estimate of drug-likeness (QED) is 0.514. The van der Waals surface area contributed by atoms with Crippen molar-refractivity contribution in [3.63, 3.8) is 0 Å². The molecule has 1 N–H and O–H groups in total. The molecule has 0 fully saturated rings. The van der Waals surface area contributed by atoms with E-state index in [4.69, 9.17) is 21.1 Å². The molecule has 0 aliphatic rings. The van der Waals surface area contributed by atoms with E-state index >= 15 is 0 Å². The second kappa shape index (κ2) is 7.69. The third-order valence-electron chi connectivity index (χ3n) is 4.25. The highest BCUT2D eigenvalue weighted by molar-refractivity contribution is 7.19. The Morgan fingerprint density at radius 2 is 1.86 bits per heavy atom. The van der Waals surface area contributed by atoms with Gasteiger partial charge < -0.3 is 14.8 Å². The molecule has 2 heterocycles. The lowest BCUT2D eigenvalue weighted by Gasteiger charge is -2.13. The summed E-state index contributed by atoms with van der Waals surface area (Å²) in [6.07, 6.45) is 0. The van der Waals surface area contributed by atoms with Crippen molar-refractivity contribution in [3.8, 4) is 22.1 Å². The van der Waals surface area contributed by atoms with E-state index in [1.165, 1.54) is 25.6 Å². The Kier molecular flexibility index (Phi) is 5.08. The molecule has 0 aliphatic heterocycles. The lowest BCUT2D eigenvalue weighted by molar-refractivity contribution is 0.102. The number of fused-ring (bicyclic) bond motifs is 1. The first-order chi connectivity index (χ1) is 14.0. The molecule has 0 bridgehead atoms. The molecule has 29 heavy (non-hydrogen) atoms. The standard InChI is InChI=1S/C19H16ClN5O3S/c1-10-22-23-19-25(10)24-18(29-19)11-4-6-16(28-3)14(8-11)21-17(26)13-9-12(20)5-7-15(13)27-2/h4-9H,1-3H3,(H,21,26). The van der Waals surface area contributed by atoms with Gasteiger partial charge in [0.05, 0.1) is 25.5 Å². The van der Waals surface area contributed by atoms with Gasteiger partial charge >= 0.3 is 0 Å². The van der Waals surface area contributed by atoms with Crippen LogP contribution in [0.1, 0.15) is 16.2 Å². The smallest absolute Gasteiger partial charge is 0.259 e. The maximum Gasteiger partial charge on any atom is 0.259 e. The number of carbonyl (C=O) groups excluding carboxylic acids is 1. The van der Waals surface area contributed by atoms with E-state index in [1.807, 2.05) is 13.0 Å². The van der Waals surface area contributed by atoms with Crippen LogP contribution < -0.4 is 14.8 Å². The van der Waals surface area contributed by atoms with E-state index in [-0.39, 0.29) is 5.91 Å². The molecule has 0 aliphatic carbocycles. The summed E-state index contributed by atoms with van der Waals surface area (Å²) in [6.45, 7) is 1.83. The number of halogens is 1. The maximum absolute atomic E-state index is 12.9. The zero-order chi connectivity index (χ0) is 20.5. The number of methoxy groups -OCH3 is 2. The van der Waals surface area contributed by atoms with Crippen LogP contribution in [0, 0.1) is 6.92 Å². The average Bonchev–Trinajstić information content (AvgIpc) is 3.30. The highest BCUT2D eigenvalue weighted by Gasteiger charge is 2.17. The van der Waals surface area contributed by atoms with Crippen LogP contribution in [0.15, 0.2) is 36.4 Å². The minimum Gasteiger partial charge on any atom is -0.496 e. The van der Waals surface area contributed by atoms with Crippen molar-refractivity contribution in [1.29, 1.82) is 0 Å². The zero-order valence-electron chi connectivity index (χ0n) is 15.8. The van der Waals surface area contributed by atoms with Crippen molar-refractivity contribution in [2.75, 3.05) is 19.5 Å². The van der Waals surface area contributed by atoms with Crippen molar-refractivity contribution in [2.24, 2.45) is 0 Å². The normalized spacial score (nSPS) is 10.9. The van der Waals surface area contributed by atoms with Crippen LogP contribution in [0.25, 0.3) is 15.5 Å². The fraction of sp³-hybridized carbons (Fsp3) is 0.158. The molecule has 10 heteroatoms. The van der Waals surface area contributed by atoms with Gasteiger partial charge in [-0.05, 0) is 43.3 Å². The molecule has 0 spiro atoms. The Labute approximate surface area is 175 Å². The number of nitrogens with zero attached hydrogens (tertiary/aromatic N) is 4. The molecule has 0 radical (unpaired) electrons. The Morgan fingerprint density at radius 3 is 2.59 bits per heavy atom. The molecule has 8 nitrogen and oxygen atoms in total. The van der Waals surface area contributed by atoms with Crippen LogP contribution in [0.4, 0.5) is 5.69 Å². The molecule has 148 valence electrons. The van der Waals surface area contributed by atoms with E-state index in [0.717, 1.165) is 10.6 Å². The number of aromatic nitrogens is 4. The molecule has 1 amide bonds. The Morgan fingerprint density at radius 1 is 1.10 bits per heavy atom. The second-order valence-corrected chi connectivity index (χ2v) is 7.46. The monoisotopic (exact) mass is 429 g/mol. The number of carbonyl (C=O) groups is 1. The second-order valence-electron chi connectivity index (χ2n) is 6.06. The van der Waals surface area contributed by atoms with Gasteiger partial charge in [0.25, 0.3) is 5.91 Å². The number of hydrogen-bond acceptors (Lipinski definition) is 7. The third-order valence-corrected chi connectivity index (χ3v) is 5.43. The summed E-state index contributed by atoms with van der Waals surface area (Å²) < 4.78 is 12.3. The predicted octanol–water partition coefficient (Wildman–Crippen LogP) is 4.08. The summed E-state index contributed by atoms with van der Waals surface area (Å²) in [4.78, 5) is 13.6. The van der Waals surface area contributed by atoms with E-state index < -0.39 is 0 Å². The molecule has 4 rings (SSSR count). The van der Waals surface area contributed by atoms with Gasteiger partial charge in [-0.1, -0.05) is 22.9 Å². The first kappa shape index (κ1) is 19.2. The molecular weight excluding hydrogens is 414 g/mol. The maximum atomic E-state index is 12.9. The number of rotatable bonds is 5. The zero-order valence-corrected chi connectivity index (χ0v) is 17.3. The van der Waals surface area contributed by atoms with Crippen LogP contribution in [-0.4, -0.2) is 39.9 Å². The largest absolute Gasteiger partial charge is 0.496 e. The van der Waals surface area contributed by atoms with Gasteiger partial charge in [-0.3, -0.25) is 4.79 Å². The predicted molar refractivity (Wildman–Crippen MR) is 111 cm³/mol. The van der Waals surface area contributed by atoms with Gasteiger partial charge in [0.2, 0.25) is 4.96 Å². The van der Waals surface area contributed by atoms with Gasteiger partial charge in [0, 0.05) is 10.6 Å². The van der Waals surface area contributed by atoms with Gasteiger partial charge in [-0.15, -0.1) is 10.2 Å². The summed E-state index contributed by atoms with van der Waals surface area (Å²) in [5.41, 5.74) is 1.63. The first-order valence-corrected chi connectivity index (χ1v) is 9.71. The van der Waals surface area contributed by atoms with Crippen LogP contribution in [0.3, 0.4) is 0 Å². The SMILES string of the molecule is COc1ccc(-c2nn3c(C)nnc3s2)cc1NC(=O)c1cc(Cl)ccc1OC. The first-order valence-electron chi connectivity index (χ1n) is 8.52. The van der Waals surface area contributed by atoms with Gasteiger partial charge in [0.15, 0.2) is 5.82 Å². The lowest BCUT2D eigenvalue weighted by Crippen LogP contribution is -2.14.